The lowest BCUT2D eigenvalue weighted by molar-refractivity contribution is 0.178. The van der Waals surface area contributed by atoms with E-state index in [2.05, 4.69) is 31.9 Å². The minimum atomic E-state index is -0.565. The maximum absolute atomic E-state index is 10.3. The molecule has 3 nitrogen and oxygen atoms in total. The Morgan fingerprint density at radius 1 is 1.15 bits per heavy atom. The summed E-state index contributed by atoms with van der Waals surface area (Å²) in [6.07, 6.45) is -0.0488. The molecule has 0 spiro atoms. The molecule has 1 atom stereocenters. The fraction of sp³-hybridized carbons (Fsp3) is 0.286. The summed E-state index contributed by atoms with van der Waals surface area (Å²) < 4.78 is 12.4. The lowest BCUT2D eigenvalue weighted by Crippen LogP contribution is -2.02. The molecule has 0 radical (unpaired) electrons. The van der Waals surface area contributed by atoms with E-state index in [9.17, 15) is 5.11 Å². The Kier molecular flexibility index (Phi) is 5.49. The first-order chi connectivity index (χ1) is 9.55. The van der Waals surface area contributed by atoms with E-state index in [1.165, 1.54) is 0 Å². The molecule has 0 aliphatic carbocycles. The summed E-state index contributed by atoms with van der Waals surface area (Å²) in [7, 11) is 3.21. The average Bonchev–Trinajstić information content (AvgIpc) is 2.77. The monoisotopic (exact) mass is 420 g/mol. The SMILES string of the molecule is COc1ccc(CC(O)c2cc(Br)sc2Br)cc1OC. The van der Waals surface area contributed by atoms with Crippen LogP contribution >= 0.6 is 43.2 Å². The van der Waals surface area contributed by atoms with Crippen molar-refractivity contribution in [3.8, 4) is 11.5 Å². The first kappa shape index (κ1) is 15.8. The second kappa shape index (κ2) is 6.93. The van der Waals surface area contributed by atoms with E-state index in [0.717, 1.165) is 18.7 Å². The molecule has 0 saturated heterocycles. The number of ether oxygens (including phenoxy) is 2. The summed E-state index contributed by atoms with van der Waals surface area (Å²) >= 11 is 8.44. The van der Waals surface area contributed by atoms with Crippen LogP contribution < -0.4 is 9.47 Å². The van der Waals surface area contributed by atoms with E-state index in [1.54, 1.807) is 25.6 Å². The van der Waals surface area contributed by atoms with E-state index >= 15 is 0 Å². The zero-order valence-corrected chi connectivity index (χ0v) is 15.0. The van der Waals surface area contributed by atoms with Crippen molar-refractivity contribution < 1.29 is 14.6 Å². The molecule has 0 aliphatic rings. The summed E-state index contributed by atoms with van der Waals surface area (Å²) in [6.45, 7) is 0. The maximum Gasteiger partial charge on any atom is 0.160 e. The fourth-order valence-electron chi connectivity index (χ4n) is 1.92. The molecular formula is C14H14Br2O3S. The van der Waals surface area contributed by atoms with E-state index in [-0.39, 0.29) is 0 Å². The fourth-order valence-corrected chi connectivity index (χ4v) is 4.88. The van der Waals surface area contributed by atoms with Crippen molar-refractivity contribution in [3.63, 3.8) is 0 Å². The van der Waals surface area contributed by atoms with Gasteiger partial charge in [0.2, 0.25) is 0 Å². The third-order valence-corrected chi connectivity index (χ3v) is 5.30. The van der Waals surface area contributed by atoms with Crippen LogP contribution in [-0.4, -0.2) is 19.3 Å². The predicted molar refractivity (Wildman–Crippen MR) is 87.9 cm³/mol. The quantitative estimate of drug-likeness (QED) is 0.768. The highest BCUT2D eigenvalue weighted by Gasteiger charge is 2.16. The lowest BCUT2D eigenvalue weighted by atomic mass is 10.0. The molecule has 1 heterocycles. The van der Waals surface area contributed by atoms with Gasteiger partial charge in [-0.15, -0.1) is 11.3 Å². The minimum Gasteiger partial charge on any atom is -0.493 e. The summed E-state index contributed by atoms with van der Waals surface area (Å²) in [4.78, 5) is 0. The van der Waals surface area contributed by atoms with E-state index in [0.29, 0.717) is 17.9 Å². The minimum absolute atomic E-state index is 0.516. The number of halogens is 2. The Hall–Kier alpha value is -0.560. The van der Waals surface area contributed by atoms with Gasteiger partial charge in [0.05, 0.1) is 27.9 Å². The van der Waals surface area contributed by atoms with Gasteiger partial charge in [-0.1, -0.05) is 6.07 Å². The zero-order chi connectivity index (χ0) is 14.7. The van der Waals surface area contributed by atoms with Gasteiger partial charge in [-0.3, -0.25) is 0 Å². The number of hydrogen-bond acceptors (Lipinski definition) is 4. The Balaban J connectivity index is 2.19. The van der Waals surface area contributed by atoms with E-state index in [4.69, 9.17) is 9.47 Å². The Bertz CT molecular complexity index is 598. The molecule has 0 aliphatic heterocycles. The van der Waals surface area contributed by atoms with Crippen LogP contribution in [0.2, 0.25) is 0 Å². The third-order valence-electron chi connectivity index (χ3n) is 2.92. The summed E-state index contributed by atoms with van der Waals surface area (Å²) in [6, 6.07) is 7.59. The number of methoxy groups -OCH3 is 2. The number of hydrogen-bond donors (Lipinski definition) is 1. The first-order valence-corrected chi connectivity index (χ1v) is 8.29. The smallest absolute Gasteiger partial charge is 0.160 e. The highest BCUT2D eigenvalue weighted by molar-refractivity contribution is 9.12. The van der Waals surface area contributed by atoms with Crippen LogP contribution in [0.15, 0.2) is 31.8 Å². The van der Waals surface area contributed by atoms with Gasteiger partial charge in [-0.2, -0.15) is 0 Å². The lowest BCUT2D eigenvalue weighted by Gasteiger charge is -2.13. The molecule has 1 aromatic carbocycles. The Morgan fingerprint density at radius 2 is 1.85 bits per heavy atom. The van der Waals surface area contributed by atoms with Gasteiger partial charge in [0.25, 0.3) is 0 Å². The molecule has 108 valence electrons. The molecule has 1 N–H and O–H groups in total. The van der Waals surface area contributed by atoms with Crippen LogP contribution in [0, 0.1) is 0 Å². The number of rotatable bonds is 5. The summed E-state index contributed by atoms with van der Waals surface area (Å²) in [5.74, 6) is 1.35. The van der Waals surface area contributed by atoms with E-state index in [1.807, 2.05) is 24.3 Å². The van der Waals surface area contributed by atoms with Crippen molar-refractivity contribution in [2.75, 3.05) is 14.2 Å². The van der Waals surface area contributed by atoms with Crippen LogP contribution in [0.25, 0.3) is 0 Å². The second-order valence-corrected chi connectivity index (χ2v) is 7.94. The Morgan fingerprint density at radius 3 is 2.40 bits per heavy atom. The highest BCUT2D eigenvalue weighted by Crippen LogP contribution is 2.37. The number of benzene rings is 1. The van der Waals surface area contributed by atoms with Gasteiger partial charge in [0, 0.05) is 12.0 Å². The van der Waals surface area contributed by atoms with E-state index < -0.39 is 6.10 Å². The maximum atomic E-state index is 10.3. The van der Waals surface area contributed by atoms with Crippen molar-refractivity contribution in [2.24, 2.45) is 0 Å². The standard InChI is InChI=1S/C14H14Br2O3S/c1-18-11-4-3-8(6-12(11)19-2)5-10(17)9-7-13(15)20-14(9)16/h3-4,6-7,10,17H,5H2,1-2H3. The van der Waals surface area contributed by atoms with Crippen molar-refractivity contribution in [2.45, 2.75) is 12.5 Å². The normalized spacial score (nSPS) is 12.2. The molecule has 0 fully saturated rings. The molecule has 0 amide bonds. The van der Waals surface area contributed by atoms with Crippen LogP contribution in [0.3, 0.4) is 0 Å². The van der Waals surface area contributed by atoms with Crippen molar-refractivity contribution in [3.05, 3.63) is 43.0 Å². The third kappa shape index (κ3) is 3.55. The molecule has 0 bridgehead atoms. The van der Waals surface area contributed by atoms with Crippen molar-refractivity contribution >= 4 is 43.2 Å². The zero-order valence-electron chi connectivity index (χ0n) is 11.0. The molecule has 1 unspecified atom stereocenters. The predicted octanol–water partition coefficient (Wildman–Crippen LogP) is 4.57. The van der Waals surface area contributed by atoms with Gasteiger partial charge in [-0.25, -0.2) is 0 Å². The van der Waals surface area contributed by atoms with Crippen molar-refractivity contribution in [1.29, 1.82) is 0 Å². The van der Waals surface area contributed by atoms with Crippen LogP contribution in [0.1, 0.15) is 17.2 Å². The first-order valence-electron chi connectivity index (χ1n) is 5.89. The molecule has 2 aromatic rings. The number of thiophene rings is 1. The highest BCUT2D eigenvalue weighted by atomic mass is 79.9. The topological polar surface area (TPSA) is 38.7 Å². The molecule has 1 aromatic heterocycles. The average molecular weight is 422 g/mol. The molecule has 0 saturated carbocycles. The van der Waals surface area contributed by atoms with Crippen LogP contribution in [0.5, 0.6) is 11.5 Å². The van der Waals surface area contributed by atoms with Gasteiger partial charge < -0.3 is 14.6 Å². The molecule has 6 heteroatoms. The van der Waals surface area contributed by atoms with Crippen LogP contribution in [-0.2, 0) is 6.42 Å². The summed E-state index contributed by atoms with van der Waals surface area (Å²) in [5, 5.41) is 10.3. The molecule has 20 heavy (non-hydrogen) atoms. The molecular weight excluding hydrogens is 408 g/mol. The number of aliphatic hydroxyl groups is 1. The molecule has 2 rings (SSSR count). The number of aliphatic hydroxyl groups excluding tert-OH is 1. The van der Waals surface area contributed by atoms with Gasteiger partial charge >= 0.3 is 0 Å². The van der Waals surface area contributed by atoms with Crippen LogP contribution in [0.4, 0.5) is 0 Å². The summed E-state index contributed by atoms with van der Waals surface area (Å²) in [5.41, 5.74) is 1.88. The largest absolute Gasteiger partial charge is 0.493 e. The van der Waals surface area contributed by atoms with Gasteiger partial charge in [0.1, 0.15) is 0 Å². The Labute approximate surface area is 138 Å². The second-order valence-electron chi connectivity index (χ2n) is 4.19. The van der Waals surface area contributed by atoms with Gasteiger partial charge in [-0.05, 0) is 55.6 Å². The van der Waals surface area contributed by atoms with Crippen molar-refractivity contribution in [1.82, 2.24) is 0 Å². The van der Waals surface area contributed by atoms with Gasteiger partial charge in [0.15, 0.2) is 11.5 Å².